The fraction of sp³-hybridized carbons (Fsp3) is 0.647. The average molecular weight is 301 g/mol. The fourth-order valence-electron chi connectivity index (χ4n) is 3.24. The Balaban J connectivity index is 1.46. The van der Waals surface area contributed by atoms with E-state index in [1.54, 1.807) is 18.5 Å². The van der Waals surface area contributed by atoms with E-state index in [1.807, 2.05) is 0 Å². The van der Waals surface area contributed by atoms with Crippen molar-refractivity contribution in [2.75, 3.05) is 13.1 Å². The quantitative estimate of drug-likeness (QED) is 0.925. The van der Waals surface area contributed by atoms with Crippen LogP contribution in [0.25, 0.3) is 0 Å². The van der Waals surface area contributed by atoms with Gasteiger partial charge in [-0.25, -0.2) is 0 Å². The van der Waals surface area contributed by atoms with Gasteiger partial charge in [-0.3, -0.25) is 4.98 Å². The van der Waals surface area contributed by atoms with Gasteiger partial charge in [-0.15, -0.1) is 0 Å². The third-order valence-electron chi connectivity index (χ3n) is 4.49. The summed E-state index contributed by atoms with van der Waals surface area (Å²) in [6.07, 6.45) is 10.5. The first-order valence-corrected chi connectivity index (χ1v) is 8.22. The molecule has 1 saturated heterocycles. The predicted octanol–water partition coefficient (Wildman–Crippen LogP) is 2.41. The van der Waals surface area contributed by atoms with Crippen molar-refractivity contribution in [1.82, 2.24) is 10.3 Å². The maximum absolute atomic E-state index is 9.08. The van der Waals surface area contributed by atoms with Crippen LogP contribution in [0.5, 0.6) is 5.75 Å². The highest BCUT2D eigenvalue weighted by Gasteiger charge is 2.26. The Kier molecular flexibility index (Phi) is 5.25. The second-order valence-electron chi connectivity index (χ2n) is 6.09. The van der Waals surface area contributed by atoms with E-state index >= 15 is 0 Å². The first-order chi connectivity index (χ1) is 10.8. The number of rotatable bonds is 4. The number of pyridine rings is 1. The Morgan fingerprint density at radius 3 is 2.45 bits per heavy atom. The highest BCUT2D eigenvalue weighted by atomic mass is 16.5. The summed E-state index contributed by atoms with van der Waals surface area (Å²) < 4.78 is 12.2. The number of ether oxygens (including phenoxy) is 2. The monoisotopic (exact) mass is 301 g/mol. The molecule has 118 valence electrons. The van der Waals surface area contributed by atoms with Crippen molar-refractivity contribution in [2.24, 2.45) is 0 Å². The fourth-order valence-corrected chi connectivity index (χ4v) is 3.24. The Bertz CT molecular complexity index is 515. The molecule has 0 atom stereocenters. The highest BCUT2D eigenvalue weighted by molar-refractivity contribution is 5.40. The molecule has 0 bridgehead atoms. The second kappa shape index (κ2) is 7.57. The molecule has 0 amide bonds. The highest BCUT2D eigenvalue weighted by Crippen LogP contribution is 2.28. The van der Waals surface area contributed by atoms with Gasteiger partial charge < -0.3 is 14.8 Å². The summed E-state index contributed by atoms with van der Waals surface area (Å²) >= 11 is 0. The lowest BCUT2D eigenvalue weighted by atomic mass is 9.94. The first kappa shape index (κ1) is 15.3. The number of nitrogens with zero attached hydrogens (tertiary/aromatic N) is 2. The molecule has 1 aliphatic carbocycles. The zero-order valence-corrected chi connectivity index (χ0v) is 12.8. The van der Waals surface area contributed by atoms with Crippen molar-refractivity contribution in [3.63, 3.8) is 0 Å². The molecule has 0 spiro atoms. The minimum absolute atomic E-state index is 0.183. The molecule has 1 aromatic heterocycles. The second-order valence-corrected chi connectivity index (χ2v) is 6.09. The first-order valence-electron chi connectivity index (χ1n) is 8.22. The smallest absolute Gasteiger partial charge is 0.140 e. The van der Waals surface area contributed by atoms with Crippen molar-refractivity contribution in [2.45, 2.75) is 56.8 Å². The molecular weight excluding hydrogens is 278 g/mol. The molecule has 1 saturated carbocycles. The zero-order chi connectivity index (χ0) is 15.2. The molecule has 1 N–H and O–H groups in total. The Labute approximate surface area is 131 Å². The molecule has 2 heterocycles. The van der Waals surface area contributed by atoms with Crippen molar-refractivity contribution in [1.29, 1.82) is 5.26 Å². The van der Waals surface area contributed by atoms with Gasteiger partial charge in [-0.2, -0.15) is 5.26 Å². The van der Waals surface area contributed by atoms with Crippen LogP contribution in [0, 0.1) is 11.3 Å². The van der Waals surface area contributed by atoms with Crippen LogP contribution in [0.3, 0.4) is 0 Å². The molecule has 1 aromatic rings. The number of aromatic nitrogens is 1. The molecule has 2 aliphatic rings. The van der Waals surface area contributed by atoms with Crippen LogP contribution >= 0.6 is 0 Å². The van der Waals surface area contributed by atoms with Crippen molar-refractivity contribution in [3.8, 4) is 11.8 Å². The molecule has 0 unspecified atom stereocenters. The van der Waals surface area contributed by atoms with Gasteiger partial charge in [0.05, 0.1) is 18.3 Å². The Hall–Kier alpha value is -1.64. The zero-order valence-electron chi connectivity index (χ0n) is 12.8. The van der Waals surface area contributed by atoms with Crippen molar-refractivity contribution >= 4 is 0 Å². The molecule has 0 radical (unpaired) electrons. The summed E-state index contributed by atoms with van der Waals surface area (Å²) in [5.74, 6) is 0.653. The minimum Gasteiger partial charge on any atom is -0.489 e. The van der Waals surface area contributed by atoms with Crippen molar-refractivity contribution < 1.29 is 9.47 Å². The summed E-state index contributed by atoms with van der Waals surface area (Å²) in [5.41, 5.74) is 0.510. The Morgan fingerprint density at radius 1 is 1.05 bits per heavy atom. The summed E-state index contributed by atoms with van der Waals surface area (Å²) in [5, 5.41) is 12.4. The number of piperidine rings is 1. The van der Waals surface area contributed by atoms with Gasteiger partial charge in [-0.05, 0) is 57.7 Å². The van der Waals surface area contributed by atoms with Gasteiger partial charge in [0.25, 0.3) is 0 Å². The lowest BCUT2D eigenvalue weighted by Crippen LogP contribution is -2.37. The molecule has 2 fully saturated rings. The van der Waals surface area contributed by atoms with E-state index < -0.39 is 0 Å². The number of nitriles is 1. The van der Waals surface area contributed by atoms with Crippen LogP contribution in [0.4, 0.5) is 0 Å². The van der Waals surface area contributed by atoms with E-state index in [0.29, 0.717) is 23.5 Å². The molecule has 5 heteroatoms. The standard InChI is InChI=1S/C17H23N3O2/c18-11-13-12-20-10-7-17(13)22-15-3-1-14(2-4-15)21-16-5-8-19-9-6-16/h7,10,12,14-16,19H,1-6,8-9H2. The largest absolute Gasteiger partial charge is 0.489 e. The van der Waals surface area contributed by atoms with Gasteiger partial charge in [0.2, 0.25) is 0 Å². The van der Waals surface area contributed by atoms with Gasteiger partial charge in [0.1, 0.15) is 17.4 Å². The maximum Gasteiger partial charge on any atom is 0.140 e. The van der Waals surface area contributed by atoms with E-state index in [2.05, 4.69) is 16.4 Å². The molecule has 3 rings (SSSR count). The Morgan fingerprint density at radius 2 is 1.73 bits per heavy atom. The van der Waals surface area contributed by atoms with Gasteiger partial charge in [0.15, 0.2) is 0 Å². The molecule has 0 aromatic carbocycles. The third-order valence-corrected chi connectivity index (χ3v) is 4.49. The van der Waals surface area contributed by atoms with Gasteiger partial charge in [0, 0.05) is 12.4 Å². The van der Waals surface area contributed by atoms with E-state index in [1.165, 1.54) is 0 Å². The van der Waals surface area contributed by atoms with Crippen LogP contribution in [0.1, 0.15) is 44.1 Å². The third kappa shape index (κ3) is 3.96. The van der Waals surface area contributed by atoms with Crippen LogP contribution in [0.2, 0.25) is 0 Å². The number of nitrogens with one attached hydrogen (secondary N) is 1. The predicted molar refractivity (Wildman–Crippen MR) is 82.6 cm³/mol. The summed E-state index contributed by atoms with van der Waals surface area (Å²) in [7, 11) is 0. The summed E-state index contributed by atoms with van der Waals surface area (Å²) in [6, 6.07) is 3.90. The van der Waals surface area contributed by atoms with E-state index in [0.717, 1.165) is 51.6 Å². The minimum atomic E-state index is 0.183. The molecular formula is C17H23N3O2. The average Bonchev–Trinajstić information content (AvgIpc) is 2.58. The number of hydrogen-bond donors (Lipinski definition) is 1. The maximum atomic E-state index is 9.08. The topological polar surface area (TPSA) is 67.2 Å². The normalized spacial score (nSPS) is 26.3. The summed E-state index contributed by atoms with van der Waals surface area (Å²) in [6.45, 7) is 2.14. The van der Waals surface area contributed by atoms with Crippen LogP contribution in [0.15, 0.2) is 18.5 Å². The van der Waals surface area contributed by atoms with E-state index in [4.69, 9.17) is 14.7 Å². The van der Waals surface area contributed by atoms with Crippen LogP contribution < -0.4 is 10.1 Å². The molecule has 1 aliphatic heterocycles. The molecule has 22 heavy (non-hydrogen) atoms. The lowest BCUT2D eigenvalue weighted by molar-refractivity contribution is -0.0548. The van der Waals surface area contributed by atoms with Crippen molar-refractivity contribution in [3.05, 3.63) is 24.0 Å². The SMILES string of the molecule is N#Cc1cnccc1OC1CCC(OC2CCNCC2)CC1. The van der Waals surface area contributed by atoms with E-state index in [-0.39, 0.29) is 6.10 Å². The van der Waals surface area contributed by atoms with Gasteiger partial charge >= 0.3 is 0 Å². The summed E-state index contributed by atoms with van der Waals surface area (Å²) in [4.78, 5) is 3.96. The van der Waals surface area contributed by atoms with Crippen LogP contribution in [-0.4, -0.2) is 36.4 Å². The number of hydrogen-bond acceptors (Lipinski definition) is 5. The lowest BCUT2D eigenvalue weighted by Gasteiger charge is -2.33. The van der Waals surface area contributed by atoms with Gasteiger partial charge in [-0.1, -0.05) is 0 Å². The van der Waals surface area contributed by atoms with Crippen LogP contribution in [-0.2, 0) is 4.74 Å². The van der Waals surface area contributed by atoms with E-state index in [9.17, 15) is 0 Å². The molecule has 5 nitrogen and oxygen atoms in total.